The number of benzene rings is 2. The second kappa shape index (κ2) is 11.4. The Morgan fingerprint density at radius 3 is 2.56 bits per heavy atom. The number of ether oxygens (including phenoxy) is 1. The van der Waals surface area contributed by atoms with E-state index in [-0.39, 0.29) is 40.4 Å². The quantitative estimate of drug-likeness (QED) is 0.316. The van der Waals surface area contributed by atoms with Gasteiger partial charge in [0.25, 0.3) is 17.4 Å². The highest BCUT2D eigenvalue weighted by molar-refractivity contribution is 7.91. The maximum absolute atomic E-state index is 15.4. The van der Waals surface area contributed by atoms with Crippen LogP contribution in [0.15, 0.2) is 59.5 Å². The van der Waals surface area contributed by atoms with E-state index in [1.807, 2.05) is 19.1 Å². The fourth-order valence-electron chi connectivity index (χ4n) is 5.50. The predicted octanol–water partition coefficient (Wildman–Crippen LogP) is 3.44. The molecule has 1 aliphatic carbocycles. The van der Waals surface area contributed by atoms with Gasteiger partial charge in [-0.05, 0) is 67.3 Å². The maximum atomic E-state index is 15.4. The van der Waals surface area contributed by atoms with Gasteiger partial charge in [0.1, 0.15) is 11.5 Å². The number of nitrogens with zero attached hydrogens (tertiary/aromatic N) is 2. The van der Waals surface area contributed by atoms with Crippen LogP contribution in [0.5, 0.6) is 0 Å². The topological polar surface area (TPSA) is 131 Å². The monoisotopic (exact) mass is 606 g/mol. The van der Waals surface area contributed by atoms with Gasteiger partial charge < -0.3 is 19.2 Å². The molecule has 4 aromatic rings. The van der Waals surface area contributed by atoms with Crippen LogP contribution >= 0.6 is 0 Å². The van der Waals surface area contributed by atoms with Crippen LogP contribution in [0.3, 0.4) is 0 Å². The molecule has 0 bridgehead atoms. The van der Waals surface area contributed by atoms with Gasteiger partial charge in [0, 0.05) is 52.4 Å². The summed E-state index contributed by atoms with van der Waals surface area (Å²) in [6.45, 7) is 3.44. The van der Waals surface area contributed by atoms with Crippen molar-refractivity contribution in [1.82, 2.24) is 19.2 Å². The average Bonchev–Trinajstić information content (AvgIpc) is 3.83. The Hall–Kier alpha value is -4.29. The van der Waals surface area contributed by atoms with Gasteiger partial charge in [0.05, 0.1) is 25.0 Å². The molecule has 1 saturated heterocycles. The molecule has 1 aliphatic heterocycles. The fraction of sp³-hybridized carbons (Fsp3) is 0.323. The van der Waals surface area contributed by atoms with Gasteiger partial charge in [-0.15, -0.1) is 0 Å². The molecule has 3 heterocycles. The lowest BCUT2D eigenvalue weighted by Gasteiger charge is -2.27. The number of hydrogen-bond acceptors (Lipinski definition) is 6. The molecule has 0 spiro atoms. The molecule has 43 heavy (non-hydrogen) atoms. The SMILES string of the molecule is CCc1ccc2c(c1)c(-c1ccc[nH]c1=O)c(C(=O)NS(=O)(=O)C1CC1)n2Cc1cc(C(=O)N2CCOCC2)ccc1F. The van der Waals surface area contributed by atoms with E-state index in [0.29, 0.717) is 56.5 Å². The molecular formula is C31H31FN4O6S. The molecule has 12 heteroatoms. The molecule has 2 fully saturated rings. The zero-order valence-electron chi connectivity index (χ0n) is 23.6. The second-order valence-corrected chi connectivity index (χ2v) is 12.8. The lowest BCUT2D eigenvalue weighted by Crippen LogP contribution is -2.40. The normalized spacial score (nSPS) is 15.5. The van der Waals surface area contributed by atoms with Crippen molar-refractivity contribution >= 4 is 32.7 Å². The van der Waals surface area contributed by atoms with Crippen molar-refractivity contribution in [2.45, 2.75) is 38.0 Å². The summed E-state index contributed by atoms with van der Waals surface area (Å²) in [5.74, 6) is -1.78. The van der Waals surface area contributed by atoms with E-state index in [1.165, 1.54) is 29.0 Å². The van der Waals surface area contributed by atoms with Gasteiger partial charge in [-0.3, -0.25) is 14.4 Å². The lowest BCUT2D eigenvalue weighted by molar-refractivity contribution is 0.0302. The molecule has 2 aromatic carbocycles. The summed E-state index contributed by atoms with van der Waals surface area (Å²) in [7, 11) is -3.96. The third-order valence-electron chi connectivity index (χ3n) is 7.96. The minimum atomic E-state index is -3.96. The molecule has 2 aliphatic rings. The number of amides is 2. The first-order valence-corrected chi connectivity index (χ1v) is 15.8. The van der Waals surface area contributed by atoms with Crippen molar-refractivity contribution in [3.63, 3.8) is 0 Å². The number of pyridine rings is 1. The fourth-order valence-corrected chi connectivity index (χ4v) is 6.78. The number of aromatic nitrogens is 2. The number of H-pyrrole nitrogens is 1. The van der Waals surface area contributed by atoms with E-state index in [4.69, 9.17) is 4.74 Å². The van der Waals surface area contributed by atoms with Crippen LogP contribution in [0, 0.1) is 5.82 Å². The molecule has 0 radical (unpaired) electrons. The Morgan fingerprint density at radius 2 is 1.86 bits per heavy atom. The molecule has 0 atom stereocenters. The van der Waals surface area contributed by atoms with Crippen LogP contribution < -0.4 is 10.3 Å². The highest BCUT2D eigenvalue weighted by Crippen LogP contribution is 2.36. The first-order chi connectivity index (χ1) is 20.7. The summed E-state index contributed by atoms with van der Waals surface area (Å²) < 4.78 is 50.2. The van der Waals surface area contributed by atoms with Crippen LogP contribution in [0.1, 0.15) is 51.7 Å². The van der Waals surface area contributed by atoms with E-state index in [2.05, 4.69) is 9.71 Å². The number of hydrogen-bond donors (Lipinski definition) is 2. The lowest BCUT2D eigenvalue weighted by atomic mass is 10.0. The summed E-state index contributed by atoms with van der Waals surface area (Å²) in [6, 6.07) is 12.8. The van der Waals surface area contributed by atoms with Crippen LogP contribution in [-0.4, -0.2) is 66.2 Å². The molecule has 2 N–H and O–H groups in total. The Bertz CT molecular complexity index is 1910. The molecular weight excluding hydrogens is 575 g/mol. The third kappa shape index (κ3) is 5.59. The largest absolute Gasteiger partial charge is 0.378 e. The van der Waals surface area contributed by atoms with Gasteiger partial charge >= 0.3 is 0 Å². The van der Waals surface area contributed by atoms with Crippen molar-refractivity contribution in [1.29, 1.82) is 0 Å². The zero-order valence-corrected chi connectivity index (χ0v) is 24.4. The number of carbonyl (C=O) groups excluding carboxylic acids is 2. The highest BCUT2D eigenvalue weighted by Gasteiger charge is 2.38. The Morgan fingerprint density at radius 1 is 1.09 bits per heavy atom. The van der Waals surface area contributed by atoms with Gasteiger partial charge in [-0.25, -0.2) is 17.5 Å². The Labute approximate surface area is 247 Å². The minimum absolute atomic E-state index is 0.0894. The number of nitrogens with one attached hydrogen (secondary N) is 2. The number of aryl methyl sites for hydroxylation is 1. The van der Waals surface area contributed by atoms with E-state index < -0.39 is 32.6 Å². The number of fused-ring (bicyclic) bond motifs is 1. The highest BCUT2D eigenvalue weighted by atomic mass is 32.2. The number of halogens is 1. The summed E-state index contributed by atoms with van der Waals surface area (Å²) in [5, 5.41) is -0.115. The third-order valence-corrected chi connectivity index (χ3v) is 9.78. The number of carbonyl (C=O) groups is 2. The molecule has 2 amide bonds. The molecule has 1 saturated carbocycles. The van der Waals surface area contributed by atoms with E-state index in [0.717, 1.165) is 5.56 Å². The summed E-state index contributed by atoms with van der Waals surface area (Å²) in [6.07, 6.45) is 3.04. The first kappa shape index (κ1) is 28.8. The summed E-state index contributed by atoms with van der Waals surface area (Å²) in [5.41, 5.74) is 1.71. The van der Waals surface area contributed by atoms with Crippen molar-refractivity contribution in [2.75, 3.05) is 26.3 Å². The molecule has 2 aromatic heterocycles. The molecule has 0 unspecified atom stereocenters. The molecule has 6 rings (SSSR count). The van der Waals surface area contributed by atoms with Crippen LogP contribution in [-0.2, 0) is 27.7 Å². The summed E-state index contributed by atoms with van der Waals surface area (Å²) in [4.78, 5) is 44.4. The van der Waals surface area contributed by atoms with Crippen molar-refractivity contribution in [3.8, 4) is 11.1 Å². The number of morpholine rings is 1. The van der Waals surface area contributed by atoms with E-state index >= 15 is 4.39 Å². The maximum Gasteiger partial charge on any atom is 0.282 e. The van der Waals surface area contributed by atoms with Gasteiger partial charge in [0.15, 0.2) is 0 Å². The summed E-state index contributed by atoms with van der Waals surface area (Å²) >= 11 is 0. The second-order valence-electron chi connectivity index (χ2n) is 10.8. The standard InChI is InChI=1S/C31H31FN4O6S/c1-2-19-5-10-26-24(16-19)27(23-4-3-11-33-29(23)37)28(30(38)34-43(40,41)22-7-8-22)36(26)18-21-17-20(6-9-25(21)32)31(39)35-12-14-42-15-13-35/h3-6,9-11,16-17,22H,2,7-8,12-15,18H2,1H3,(H,33,37)(H,34,38). The van der Waals surface area contributed by atoms with Gasteiger partial charge in [0.2, 0.25) is 10.0 Å². The zero-order chi connectivity index (χ0) is 30.3. The number of aromatic amines is 1. The smallest absolute Gasteiger partial charge is 0.282 e. The van der Waals surface area contributed by atoms with Gasteiger partial charge in [-0.1, -0.05) is 13.0 Å². The Kier molecular flexibility index (Phi) is 7.65. The van der Waals surface area contributed by atoms with E-state index in [1.54, 1.807) is 23.1 Å². The van der Waals surface area contributed by atoms with Gasteiger partial charge in [-0.2, -0.15) is 0 Å². The molecule has 10 nitrogen and oxygen atoms in total. The molecule has 224 valence electrons. The predicted molar refractivity (Wildman–Crippen MR) is 159 cm³/mol. The van der Waals surface area contributed by atoms with Crippen LogP contribution in [0.2, 0.25) is 0 Å². The van der Waals surface area contributed by atoms with Crippen molar-refractivity contribution in [2.24, 2.45) is 0 Å². The average molecular weight is 607 g/mol. The Balaban J connectivity index is 1.54. The van der Waals surface area contributed by atoms with Crippen LogP contribution in [0.25, 0.3) is 22.0 Å². The van der Waals surface area contributed by atoms with E-state index in [9.17, 15) is 22.8 Å². The van der Waals surface area contributed by atoms with Crippen molar-refractivity contribution < 1.29 is 27.1 Å². The number of sulfonamides is 1. The number of rotatable bonds is 8. The first-order valence-electron chi connectivity index (χ1n) is 14.2. The van der Waals surface area contributed by atoms with Crippen molar-refractivity contribution in [3.05, 3.63) is 93.3 Å². The van der Waals surface area contributed by atoms with Crippen LogP contribution in [0.4, 0.5) is 4.39 Å². The minimum Gasteiger partial charge on any atom is -0.378 e.